The van der Waals surface area contributed by atoms with Crippen LogP contribution in [0.3, 0.4) is 0 Å². The molecular weight excluding hydrogens is 404 g/mol. The Labute approximate surface area is 191 Å². The Hall–Kier alpha value is -2.73. The van der Waals surface area contributed by atoms with Gasteiger partial charge in [-0.1, -0.05) is 26.0 Å². The number of hydrogen-bond donors (Lipinski definition) is 1. The lowest BCUT2D eigenvalue weighted by Crippen LogP contribution is -2.47. The first-order valence-electron chi connectivity index (χ1n) is 11.3. The van der Waals surface area contributed by atoms with E-state index < -0.39 is 0 Å². The lowest BCUT2D eigenvalue weighted by molar-refractivity contribution is -0.122. The van der Waals surface area contributed by atoms with Crippen LogP contribution >= 0.6 is 0 Å². The summed E-state index contributed by atoms with van der Waals surface area (Å²) in [6.07, 6.45) is 1.43. The van der Waals surface area contributed by atoms with Crippen LogP contribution in [-0.2, 0) is 17.8 Å². The first-order valence-corrected chi connectivity index (χ1v) is 11.3. The second-order valence-corrected chi connectivity index (χ2v) is 8.87. The third-order valence-corrected chi connectivity index (χ3v) is 6.03. The molecule has 2 aromatic rings. The van der Waals surface area contributed by atoms with Crippen LogP contribution < -0.4 is 19.5 Å². The minimum atomic E-state index is -0.0587. The number of amides is 1. The van der Waals surface area contributed by atoms with Crippen molar-refractivity contribution in [3.05, 3.63) is 53.1 Å². The molecule has 0 spiro atoms. The largest absolute Gasteiger partial charge is 0.497 e. The molecule has 0 saturated heterocycles. The van der Waals surface area contributed by atoms with Crippen LogP contribution in [0.2, 0.25) is 0 Å². The molecule has 32 heavy (non-hydrogen) atoms. The van der Waals surface area contributed by atoms with Crippen molar-refractivity contribution < 1.29 is 19.0 Å². The lowest BCUT2D eigenvalue weighted by Gasteiger charge is -2.41. The van der Waals surface area contributed by atoms with Gasteiger partial charge in [-0.15, -0.1) is 0 Å². The summed E-state index contributed by atoms with van der Waals surface area (Å²) in [6, 6.07) is 12.3. The highest BCUT2D eigenvalue weighted by Gasteiger charge is 2.33. The monoisotopic (exact) mass is 440 g/mol. The van der Waals surface area contributed by atoms with E-state index in [1.165, 1.54) is 16.7 Å². The maximum Gasteiger partial charge on any atom is 0.220 e. The molecule has 0 bridgehead atoms. The van der Waals surface area contributed by atoms with E-state index in [1.54, 1.807) is 21.3 Å². The molecule has 0 fully saturated rings. The molecule has 2 atom stereocenters. The molecule has 1 heterocycles. The van der Waals surface area contributed by atoms with Gasteiger partial charge in [0.05, 0.1) is 27.4 Å². The highest BCUT2D eigenvalue weighted by atomic mass is 16.5. The van der Waals surface area contributed by atoms with Gasteiger partial charge in [0.25, 0.3) is 0 Å². The van der Waals surface area contributed by atoms with Gasteiger partial charge in [-0.3, -0.25) is 9.69 Å². The van der Waals surface area contributed by atoms with Crippen molar-refractivity contribution in [3.8, 4) is 17.2 Å². The van der Waals surface area contributed by atoms with Gasteiger partial charge >= 0.3 is 0 Å². The second kappa shape index (κ2) is 10.7. The number of ether oxygens (including phenoxy) is 3. The maximum atomic E-state index is 12.6. The standard InChI is InChI=1S/C26H36N2O4/c1-17(2)13-25(29)27-18(3)26-22-15-24(32-6)23(31-5)14-20(22)11-12-28(26)16-19-7-9-21(30-4)10-8-19/h7-10,14-15,17-18,26H,11-13,16H2,1-6H3,(H,27,29)/t18-,26-/m1/s1. The van der Waals surface area contributed by atoms with Crippen LogP contribution in [0.5, 0.6) is 17.2 Å². The Morgan fingerprint density at radius 3 is 2.28 bits per heavy atom. The summed E-state index contributed by atoms with van der Waals surface area (Å²) >= 11 is 0. The summed E-state index contributed by atoms with van der Waals surface area (Å²) in [6.45, 7) is 7.90. The van der Waals surface area contributed by atoms with Crippen molar-refractivity contribution in [2.45, 2.75) is 52.2 Å². The van der Waals surface area contributed by atoms with Gasteiger partial charge in [-0.25, -0.2) is 0 Å². The smallest absolute Gasteiger partial charge is 0.220 e. The molecule has 6 nitrogen and oxygen atoms in total. The summed E-state index contributed by atoms with van der Waals surface area (Å²) in [5.41, 5.74) is 3.63. The fraction of sp³-hybridized carbons (Fsp3) is 0.500. The summed E-state index contributed by atoms with van der Waals surface area (Å²) < 4.78 is 16.4. The van der Waals surface area contributed by atoms with Crippen LogP contribution in [0.4, 0.5) is 0 Å². The van der Waals surface area contributed by atoms with Crippen LogP contribution in [0.1, 0.15) is 49.9 Å². The van der Waals surface area contributed by atoms with Crippen LogP contribution in [0.15, 0.2) is 36.4 Å². The molecule has 3 rings (SSSR count). The molecule has 1 aliphatic heterocycles. The van der Waals surface area contributed by atoms with Crippen molar-refractivity contribution in [3.63, 3.8) is 0 Å². The summed E-state index contributed by atoms with van der Waals surface area (Å²) in [7, 11) is 5.00. The van der Waals surface area contributed by atoms with Gasteiger partial charge in [0, 0.05) is 25.6 Å². The third-order valence-electron chi connectivity index (χ3n) is 6.03. The second-order valence-electron chi connectivity index (χ2n) is 8.87. The van der Waals surface area contributed by atoms with E-state index >= 15 is 0 Å². The maximum absolute atomic E-state index is 12.6. The van der Waals surface area contributed by atoms with E-state index in [0.717, 1.165) is 31.0 Å². The zero-order valence-corrected chi connectivity index (χ0v) is 20.1. The Balaban J connectivity index is 1.94. The van der Waals surface area contributed by atoms with Gasteiger partial charge in [0.2, 0.25) is 5.91 Å². The molecular formula is C26H36N2O4. The SMILES string of the molecule is COc1ccc(CN2CCc3cc(OC)c(OC)cc3[C@H]2[C@@H](C)NC(=O)CC(C)C)cc1. The quantitative estimate of drug-likeness (QED) is 0.628. The molecule has 6 heteroatoms. The van der Waals surface area contributed by atoms with Crippen LogP contribution in [-0.4, -0.2) is 44.7 Å². The zero-order valence-electron chi connectivity index (χ0n) is 20.1. The first-order chi connectivity index (χ1) is 15.4. The number of nitrogens with one attached hydrogen (secondary N) is 1. The lowest BCUT2D eigenvalue weighted by atomic mass is 9.87. The molecule has 174 valence electrons. The molecule has 0 saturated carbocycles. The van der Waals surface area contributed by atoms with Gasteiger partial charge in [0.1, 0.15) is 5.75 Å². The van der Waals surface area contributed by atoms with E-state index in [4.69, 9.17) is 14.2 Å². The van der Waals surface area contributed by atoms with Gasteiger partial charge < -0.3 is 19.5 Å². The van der Waals surface area contributed by atoms with Gasteiger partial charge in [-0.05, 0) is 60.2 Å². The number of fused-ring (bicyclic) bond motifs is 1. The van der Waals surface area contributed by atoms with Gasteiger partial charge in [0.15, 0.2) is 11.5 Å². The van der Waals surface area contributed by atoms with Crippen LogP contribution in [0, 0.1) is 5.92 Å². The molecule has 0 unspecified atom stereocenters. The summed E-state index contributed by atoms with van der Waals surface area (Å²) in [5, 5.41) is 3.25. The molecule has 0 aromatic heterocycles. The topological polar surface area (TPSA) is 60.0 Å². The average molecular weight is 441 g/mol. The minimum absolute atomic E-state index is 0.0248. The molecule has 2 aromatic carbocycles. The third kappa shape index (κ3) is 5.54. The number of hydrogen-bond acceptors (Lipinski definition) is 5. The van der Waals surface area contributed by atoms with E-state index in [2.05, 4.69) is 55.3 Å². The predicted octanol–water partition coefficient (Wildman–Crippen LogP) is 4.36. The fourth-order valence-corrected chi connectivity index (χ4v) is 4.52. The Morgan fingerprint density at radius 1 is 1.03 bits per heavy atom. The van der Waals surface area contributed by atoms with Gasteiger partial charge in [-0.2, -0.15) is 0 Å². The highest BCUT2D eigenvalue weighted by molar-refractivity contribution is 5.76. The normalized spacial score (nSPS) is 16.9. The molecule has 1 N–H and O–H groups in total. The Bertz CT molecular complexity index is 911. The zero-order chi connectivity index (χ0) is 23.3. The van der Waals surface area contributed by atoms with E-state index in [-0.39, 0.29) is 18.0 Å². The Morgan fingerprint density at radius 2 is 1.69 bits per heavy atom. The summed E-state index contributed by atoms with van der Waals surface area (Å²) in [4.78, 5) is 15.0. The number of nitrogens with zero attached hydrogens (tertiary/aromatic N) is 1. The van der Waals surface area contributed by atoms with Crippen molar-refractivity contribution >= 4 is 5.91 Å². The average Bonchev–Trinajstić information content (AvgIpc) is 2.77. The molecule has 0 aliphatic carbocycles. The predicted molar refractivity (Wildman–Crippen MR) is 126 cm³/mol. The number of rotatable bonds is 9. The first kappa shape index (κ1) is 23.9. The molecule has 1 aliphatic rings. The van der Waals surface area contributed by atoms with Crippen molar-refractivity contribution in [2.24, 2.45) is 5.92 Å². The van der Waals surface area contributed by atoms with Crippen molar-refractivity contribution in [2.75, 3.05) is 27.9 Å². The minimum Gasteiger partial charge on any atom is -0.497 e. The molecule has 0 radical (unpaired) electrons. The Kier molecular flexibility index (Phi) is 8.02. The molecule has 1 amide bonds. The van der Waals surface area contributed by atoms with E-state index in [9.17, 15) is 4.79 Å². The van der Waals surface area contributed by atoms with E-state index in [0.29, 0.717) is 18.1 Å². The number of carbonyl (C=O) groups excluding carboxylic acids is 1. The van der Waals surface area contributed by atoms with E-state index in [1.807, 2.05) is 12.1 Å². The highest BCUT2D eigenvalue weighted by Crippen LogP contribution is 2.40. The number of benzene rings is 2. The van der Waals surface area contributed by atoms with Crippen molar-refractivity contribution in [1.29, 1.82) is 0 Å². The van der Waals surface area contributed by atoms with Crippen LogP contribution in [0.25, 0.3) is 0 Å². The fourth-order valence-electron chi connectivity index (χ4n) is 4.52. The number of carbonyl (C=O) groups is 1. The van der Waals surface area contributed by atoms with Crippen molar-refractivity contribution in [1.82, 2.24) is 10.2 Å². The number of methoxy groups -OCH3 is 3. The summed E-state index contributed by atoms with van der Waals surface area (Å²) in [5.74, 6) is 2.71.